The molecule has 4 rings (SSSR count). The zero-order chi connectivity index (χ0) is 20.7. The van der Waals surface area contributed by atoms with Gasteiger partial charge in [-0.2, -0.15) is 0 Å². The highest BCUT2D eigenvalue weighted by molar-refractivity contribution is 5.92. The summed E-state index contributed by atoms with van der Waals surface area (Å²) in [7, 11) is 6.28. The smallest absolute Gasteiger partial charge is 0.312 e. The normalized spacial score (nSPS) is 15.6. The first-order valence-electron chi connectivity index (χ1n) is 9.13. The van der Waals surface area contributed by atoms with Crippen LogP contribution in [0.1, 0.15) is 23.5 Å². The number of methoxy groups -OCH3 is 3. The minimum absolute atomic E-state index is 0.0203. The molecule has 7 nitrogen and oxygen atoms in total. The molecule has 1 aliphatic rings. The second-order valence-electron chi connectivity index (χ2n) is 6.78. The molecule has 1 aliphatic heterocycles. The number of aromatic nitrogens is 1. The number of ether oxygens (including phenoxy) is 4. The van der Waals surface area contributed by atoms with Gasteiger partial charge in [-0.3, -0.25) is 9.59 Å². The van der Waals surface area contributed by atoms with Crippen molar-refractivity contribution in [3.05, 3.63) is 57.9 Å². The van der Waals surface area contributed by atoms with Crippen LogP contribution in [0, 0.1) is 0 Å². The largest absolute Gasteiger partial charge is 0.493 e. The second-order valence-corrected chi connectivity index (χ2v) is 6.78. The quantitative estimate of drug-likeness (QED) is 0.632. The van der Waals surface area contributed by atoms with Gasteiger partial charge < -0.3 is 23.5 Å². The Balaban J connectivity index is 2.05. The molecule has 1 atom stereocenters. The van der Waals surface area contributed by atoms with Gasteiger partial charge >= 0.3 is 5.97 Å². The summed E-state index contributed by atoms with van der Waals surface area (Å²) in [6.45, 7) is 0. The van der Waals surface area contributed by atoms with E-state index >= 15 is 0 Å². The van der Waals surface area contributed by atoms with E-state index in [4.69, 9.17) is 18.9 Å². The van der Waals surface area contributed by atoms with E-state index in [-0.39, 0.29) is 12.0 Å². The molecule has 0 fully saturated rings. The van der Waals surface area contributed by atoms with Crippen LogP contribution in [0.5, 0.6) is 23.0 Å². The van der Waals surface area contributed by atoms with Gasteiger partial charge in [0.15, 0.2) is 11.5 Å². The number of rotatable bonds is 4. The number of nitrogens with zero attached hydrogens (tertiary/aromatic N) is 1. The summed E-state index contributed by atoms with van der Waals surface area (Å²) < 4.78 is 23.6. The number of hydrogen-bond donors (Lipinski definition) is 0. The molecule has 1 aromatic heterocycles. The van der Waals surface area contributed by atoms with Crippen molar-refractivity contribution in [2.45, 2.75) is 12.3 Å². The number of benzene rings is 2. The summed E-state index contributed by atoms with van der Waals surface area (Å²) in [5, 5.41) is 0.710. The number of carbonyl (C=O) groups is 1. The molecule has 0 saturated heterocycles. The third-order valence-electron chi connectivity index (χ3n) is 5.33. The van der Waals surface area contributed by atoms with Crippen molar-refractivity contribution in [2.24, 2.45) is 7.05 Å². The third-order valence-corrected chi connectivity index (χ3v) is 5.33. The number of fused-ring (bicyclic) bond motifs is 3. The van der Waals surface area contributed by atoms with Crippen molar-refractivity contribution < 1.29 is 23.7 Å². The maximum absolute atomic E-state index is 13.3. The Bertz CT molecular complexity index is 1180. The molecule has 0 bridgehead atoms. The maximum atomic E-state index is 13.3. The summed E-state index contributed by atoms with van der Waals surface area (Å²) >= 11 is 0. The first kappa shape index (κ1) is 18.9. The van der Waals surface area contributed by atoms with Gasteiger partial charge in [-0.05, 0) is 18.2 Å². The monoisotopic (exact) mass is 395 g/mol. The summed E-state index contributed by atoms with van der Waals surface area (Å²) in [5.74, 6) is 0.695. The molecule has 3 aromatic rings. The van der Waals surface area contributed by atoms with Crippen molar-refractivity contribution in [1.82, 2.24) is 4.57 Å². The van der Waals surface area contributed by atoms with Gasteiger partial charge in [-0.15, -0.1) is 0 Å². The van der Waals surface area contributed by atoms with E-state index in [0.29, 0.717) is 45.0 Å². The summed E-state index contributed by atoms with van der Waals surface area (Å²) in [5.41, 5.74) is 1.57. The number of aryl methyl sites for hydroxylation is 1. The highest BCUT2D eigenvalue weighted by Gasteiger charge is 2.36. The van der Waals surface area contributed by atoms with Crippen LogP contribution in [0.2, 0.25) is 0 Å². The molecule has 0 unspecified atom stereocenters. The van der Waals surface area contributed by atoms with E-state index in [1.54, 1.807) is 23.7 Å². The molecule has 0 N–H and O–H groups in total. The molecule has 0 aliphatic carbocycles. The molecule has 0 spiro atoms. The summed E-state index contributed by atoms with van der Waals surface area (Å²) in [4.78, 5) is 25.8. The predicted octanol–water partition coefficient (Wildman–Crippen LogP) is 3.01. The van der Waals surface area contributed by atoms with Crippen molar-refractivity contribution in [3.8, 4) is 23.0 Å². The second kappa shape index (κ2) is 7.16. The molecule has 0 amide bonds. The standard InChI is InChI=1S/C22H21NO6/c1-23-15-8-6-5-7-13(15)19-18(22(23)25)14(11-17(24)29-19)12-9-10-16(26-2)21(28-4)20(12)27-3/h5-10,14H,11H2,1-4H3/t14-/m1/s1. The molecular weight excluding hydrogens is 374 g/mol. The number of esters is 1. The lowest BCUT2D eigenvalue weighted by Gasteiger charge is -2.28. The number of pyridine rings is 1. The number of carbonyl (C=O) groups excluding carboxylic acids is 1. The van der Waals surface area contributed by atoms with Gasteiger partial charge in [0.05, 0.1) is 38.8 Å². The highest BCUT2D eigenvalue weighted by atomic mass is 16.5. The van der Waals surface area contributed by atoms with Crippen molar-refractivity contribution in [1.29, 1.82) is 0 Å². The first-order valence-corrected chi connectivity index (χ1v) is 9.13. The first-order chi connectivity index (χ1) is 14.0. The van der Waals surface area contributed by atoms with E-state index in [1.165, 1.54) is 21.3 Å². The minimum atomic E-state index is -0.538. The van der Waals surface area contributed by atoms with E-state index in [1.807, 2.05) is 24.3 Å². The Hall–Kier alpha value is -3.48. The number of hydrogen-bond acceptors (Lipinski definition) is 6. The lowest BCUT2D eigenvalue weighted by Crippen LogP contribution is -2.31. The van der Waals surface area contributed by atoms with Crippen LogP contribution < -0.4 is 24.5 Å². The molecule has 29 heavy (non-hydrogen) atoms. The number of para-hydroxylation sites is 1. The summed E-state index contributed by atoms with van der Waals surface area (Å²) in [6.07, 6.45) is 0.0203. The summed E-state index contributed by atoms with van der Waals surface area (Å²) in [6, 6.07) is 10.9. The van der Waals surface area contributed by atoms with Gasteiger partial charge in [0, 0.05) is 23.9 Å². The Morgan fingerprint density at radius 2 is 1.69 bits per heavy atom. The van der Waals surface area contributed by atoms with E-state index < -0.39 is 11.9 Å². The predicted molar refractivity (Wildman–Crippen MR) is 107 cm³/mol. The molecule has 150 valence electrons. The molecule has 7 heteroatoms. The Labute approximate surface area is 167 Å². The van der Waals surface area contributed by atoms with Gasteiger partial charge in [0.25, 0.3) is 5.56 Å². The van der Waals surface area contributed by atoms with Gasteiger partial charge in [-0.25, -0.2) is 0 Å². The molecular formula is C22H21NO6. The van der Waals surface area contributed by atoms with Crippen LogP contribution in [0.25, 0.3) is 10.9 Å². The van der Waals surface area contributed by atoms with E-state index in [2.05, 4.69) is 0 Å². The van der Waals surface area contributed by atoms with Gasteiger partial charge in [0.1, 0.15) is 5.75 Å². The van der Waals surface area contributed by atoms with E-state index in [9.17, 15) is 9.59 Å². The fraction of sp³-hybridized carbons (Fsp3) is 0.273. The van der Waals surface area contributed by atoms with Crippen LogP contribution in [0.15, 0.2) is 41.2 Å². The lowest BCUT2D eigenvalue weighted by molar-refractivity contribution is -0.135. The fourth-order valence-corrected chi connectivity index (χ4v) is 4.00. The van der Waals surface area contributed by atoms with Crippen LogP contribution in [-0.2, 0) is 11.8 Å². The lowest BCUT2D eigenvalue weighted by atomic mass is 9.85. The van der Waals surface area contributed by atoms with Crippen molar-refractivity contribution in [3.63, 3.8) is 0 Å². The van der Waals surface area contributed by atoms with Crippen LogP contribution >= 0.6 is 0 Å². The topological polar surface area (TPSA) is 76.0 Å². The van der Waals surface area contributed by atoms with Crippen LogP contribution in [0.4, 0.5) is 0 Å². The highest BCUT2D eigenvalue weighted by Crippen LogP contribution is 2.48. The van der Waals surface area contributed by atoms with Crippen LogP contribution in [-0.4, -0.2) is 31.9 Å². The molecule has 0 radical (unpaired) electrons. The van der Waals surface area contributed by atoms with Gasteiger partial charge in [-0.1, -0.05) is 18.2 Å². The average molecular weight is 395 g/mol. The van der Waals surface area contributed by atoms with E-state index in [0.717, 1.165) is 0 Å². The fourth-order valence-electron chi connectivity index (χ4n) is 4.00. The SMILES string of the molecule is COc1ccc([C@H]2CC(=O)Oc3c2c(=O)n(C)c2ccccc32)c(OC)c1OC. The molecule has 2 heterocycles. The third kappa shape index (κ3) is 2.81. The maximum Gasteiger partial charge on any atom is 0.312 e. The average Bonchev–Trinajstić information content (AvgIpc) is 2.75. The zero-order valence-electron chi connectivity index (χ0n) is 16.6. The molecule has 0 saturated carbocycles. The zero-order valence-corrected chi connectivity index (χ0v) is 16.6. The Kier molecular flexibility index (Phi) is 4.66. The van der Waals surface area contributed by atoms with Crippen molar-refractivity contribution in [2.75, 3.05) is 21.3 Å². The van der Waals surface area contributed by atoms with Crippen LogP contribution in [0.3, 0.4) is 0 Å². The molecule has 2 aromatic carbocycles. The van der Waals surface area contributed by atoms with Crippen molar-refractivity contribution >= 4 is 16.9 Å². The minimum Gasteiger partial charge on any atom is -0.493 e. The Morgan fingerprint density at radius 1 is 0.966 bits per heavy atom. The Morgan fingerprint density at radius 3 is 2.38 bits per heavy atom. The van der Waals surface area contributed by atoms with Gasteiger partial charge in [0.2, 0.25) is 5.75 Å².